The summed E-state index contributed by atoms with van der Waals surface area (Å²) in [6, 6.07) is 1.91. The highest BCUT2D eigenvalue weighted by atomic mass is 32.2. The Morgan fingerprint density at radius 2 is 1.90 bits per heavy atom. The third kappa shape index (κ3) is 4.24. The minimum absolute atomic E-state index is 0.561. The van der Waals surface area contributed by atoms with Gasteiger partial charge in [-0.3, -0.25) is 0 Å². The van der Waals surface area contributed by atoms with Gasteiger partial charge in [-0.05, 0) is 25.5 Å². The van der Waals surface area contributed by atoms with Gasteiger partial charge in [0.05, 0.1) is 5.60 Å². The summed E-state index contributed by atoms with van der Waals surface area (Å²) in [5.41, 5.74) is -0.568. The molecule has 1 aromatic rings. The van der Waals surface area contributed by atoms with Crippen LogP contribution in [-0.2, 0) is 0 Å². The molecular weight excluding hydrogens is 272 g/mol. The number of nitrogens with zero attached hydrogens (tertiary/aromatic N) is 2. The standard InChI is InChI=1S/C14H24N4OS/c1-3-8-15-11-9-12(18-13(17-11)20-2)16-10-14(19)6-4-5-7-14/h9,19H,3-8,10H2,1-2H3,(H2,15,16,17,18). The Balaban J connectivity index is 2.01. The lowest BCUT2D eigenvalue weighted by molar-refractivity contribution is 0.0614. The number of nitrogens with one attached hydrogen (secondary N) is 2. The van der Waals surface area contributed by atoms with Crippen LogP contribution in [0.2, 0.25) is 0 Å². The molecule has 1 fully saturated rings. The SMILES string of the molecule is CCCNc1cc(NCC2(O)CCCC2)nc(SC)n1. The number of rotatable bonds is 7. The van der Waals surface area contributed by atoms with Gasteiger partial charge in [0, 0.05) is 19.2 Å². The lowest BCUT2D eigenvalue weighted by Crippen LogP contribution is -2.33. The maximum Gasteiger partial charge on any atom is 0.191 e. The Hall–Kier alpha value is -1.01. The average molecular weight is 296 g/mol. The molecule has 3 N–H and O–H groups in total. The second-order valence-electron chi connectivity index (χ2n) is 5.34. The van der Waals surface area contributed by atoms with Crippen molar-refractivity contribution in [2.24, 2.45) is 0 Å². The normalized spacial score (nSPS) is 17.1. The first kappa shape index (κ1) is 15.4. The predicted molar refractivity (Wildman–Crippen MR) is 84.5 cm³/mol. The molecule has 0 aliphatic heterocycles. The van der Waals surface area contributed by atoms with E-state index in [0.29, 0.717) is 6.54 Å². The quantitative estimate of drug-likeness (QED) is 0.531. The Morgan fingerprint density at radius 3 is 2.50 bits per heavy atom. The number of hydrogen-bond donors (Lipinski definition) is 3. The minimum atomic E-state index is -0.568. The Morgan fingerprint density at radius 1 is 1.25 bits per heavy atom. The van der Waals surface area contributed by atoms with E-state index in [0.717, 1.165) is 55.4 Å². The molecule has 0 bridgehead atoms. The van der Waals surface area contributed by atoms with Crippen molar-refractivity contribution in [3.8, 4) is 0 Å². The zero-order chi connectivity index (χ0) is 14.4. The van der Waals surface area contributed by atoms with E-state index >= 15 is 0 Å². The van der Waals surface area contributed by atoms with Crippen molar-refractivity contribution in [1.29, 1.82) is 0 Å². The first-order valence-corrected chi connectivity index (χ1v) is 8.51. The summed E-state index contributed by atoms with van der Waals surface area (Å²) in [6.07, 6.45) is 7.00. The molecule has 0 unspecified atom stereocenters. The van der Waals surface area contributed by atoms with E-state index in [-0.39, 0.29) is 0 Å². The Bertz CT molecular complexity index is 435. The van der Waals surface area contributed by atoms with Gasteiger partial charge in [-0.1, -0.05) is 31.5 Å². The fraction of sp³-hybridized carbons (Fsp3) is 0.714. The first-order chi connectivity index (χ1) is 9.65. The van der Waals surface area contributed by atoms with Crippen LogP contribution in [0.1, 0.15) is 39.0 Å². The third-order valence-electron chi connectivity index (χ3n) is 3.58. The van der Waals surface area contributed by atoms with Crippen LogP contribution in [0, 0.1) is 0 Å². The highest BCUT2D eigenvalue weighted by molar-refractivity contribution is 7.98. The summed E-state index contributed by atoms with van der Waals surface area (Å²) < 4.78 is 0. The van der Waals surface area contributed by atoms with E-state index in [1.807, 2.05) is 12.3 Å². The van der Waals surface area contributed by atoms with Gasteiger partial charge >= 0.3 is 0 Å². The molecule has 0 spiro atoms. The van der Waals surface area contributed by atoms with Crippen LogP contribution in [0.5, 0.6) is 0 Å². The van der Waals surface area contributed by atoms with Gasteiger partial charge in [-0.25, -0.2) is 9.97 Å². The van der Waals surface area contributed by atoms with E-state index in [1.54, 1.807) is 0 Å². The highest BCUT2D eigenvalue weighted by Crippen LogP contribution is 2.29. The molecule has 5 nitrogen and oxygen atoms in total. The molecule has 0 saturated heterocycles. The average Bonchev–Trinajstić information content (AvgIpc) is 2.90. The number of thioether (sulfide) groups is 1. The minimum Gasteiger partial charge on any atom is -0.388 e. The highest BCUT2D eigenvalue weighted by Gasteiger charge is 2.30. The summed E-state index contributed by atoms with van der Waals surface area (Å²) >= 11 is 1.52. The molecule has 0 aromatic carbocycles. The smallest absolute Gasteiger partial charge is 0.191 e. The second-order valence-corrected chi connectivity index (χ2v) is 6.11. The third-order valence-corrected chi connectivity index (χ3v) is 4.12. The fourth-order valence-corrected chi connectivity index (χ4v) is 2.79. The Kier molecular flexibility index (Phi) is 5.48. The number of aliphatic hydroxyl groups is 1. The molecule has 1 saturated carbocycles. The molecule has 112 valence electrons. The van der Waals surface area contributed by atoms with Crippen molar-refractivity contribution >= 4 is 23.4 Å². The molecule has 2 rings (SSSR count). The zero-order valence-electron chi connectivity index (χ0n) is 12.3. The van der Waals surface area contributed by atoms with Crippen LogP contribution in [0.3, 0.4) is 0 Å². The lowest BCUT2D eigenvalue weighted by Gasteiger charge is -2.22. The van der Waals surface area contributed by atoms with E-state index in [1.165, 1.54) is 11.8 Å². The van der Waals surface area contributed by atoms with E-state index in [9.17, 15) is 5.11 Å². The largest absolute Gasteiger partial charge is 0.388 e. The first-order valence-electron chi connectivity index (χ1n) is 7.28. The van der Waals surface area contributed by atoms with Crippen molar-refractivity contribution in [2.45, 2.75) is 49.8 Å². The van der Waals surface area contributed by atoms with Crippen molar-refractivity contribution < 1.29 is 5.11 Å². The fourth-order valence-electron chi connectivity index (χ4n) is 2.42. The molecule has 0 atom stereocenters. The monoisotopic (exact) mass is 296 g/mol. The van der Waals surface area contributed by atoms with E-state index < -0.39 is 5.60 Å². The summed E-state index contributed by atoms with van der Waals surface area (Å²) in [5.74, 6) is 1.62. The molecule has 20 heavy (non-hydrogen) atoms. The Labute approximate surface area is 125 Å². The molecular formula is C14H24N4OS. The van der Waals surface area contributed by atoms with Crippen molar-refractivity contribution in [3.05, 3.63) is 6.07 Å². The molecule has 1 aliphatic rings. The summed E-state index contributed by atoms with van der Waals surface area (Å²) in [4.78, 5) is 8.87. The second kappa shape index (κ2) is 7.13. The van der Waals surface area contributed by atoms with Gasteiger partial charge in [0.15, 0.2) is 5.16 Å². The molecule has 1 aromatic heterocycles. The molecule has 1 aliphatic carbocycles. The van der Waals surface area contributed by atoms with Crippen LogP contribution in [0.25, 0.3) is 0 Å². The number of hydrogen-bond acceptors (Lipinski definition) is 6. The maximum atomic E-state index is 10.4. The zero-order valence-corrected chi connectivity index (χ0v) is 13.1. The summed E-state index contributed by atoms with van der Waals surface area (Å²) in [6.45, 7) is 3.58. The van der Waals surface area contributed by atoms with Gasteiger partial charge in [-0.2, -0.15) is 0 Å². The van der Waals surface area contributed by atoms with Crippen molar-refractivity contribution in [3.63, 3.8) is 0 Å². The van der Waals surface area contributed by atoms with Crippen molar-refractivity contribution in [1.82, 2.24) is 9.97 Å². The van der Waals surface area contributed by atoms with Gasteiger partial charge in [0.1, 0.15) is 11.6 Å². The van der Waals surface area contributed by atoms with Crippen LogP contribution in [0.4, 0.5) is 11.6 Å². The van der Waals surface area contributed by atoms with Crippen LogP contribution >= 0.6 is 11.8 Å². The molecule has 0 radical (unpaired) electrons. The van der Waals surface area contributed by atoms with Crippen LogP contribution < -0.4 is 10.6 Å². The summed E-state index contributed by atoms with van der Waals surface area (Å²) in [7, 11) is 0. The van der Waals surface area contributed by atoms with Crippen molar-refractivity contribution in [2.75, 3.05) is 30.0 Å². The lowest BCUT2D eigenvalue weighted by atomic mass is 10.0. The predicted octanol–water partition coefficient (Wildman–Crippen LogP) is 2.74. The van der Waals surface area contributed by atoms with E-state index in [2.05, 4.69) is 27.5 Å². The topological polar surface area (TPSA) is 70.1 Å². The van der Waals surface area contributed by atoms with Gasteiger partial charge in [0.2, 0.25) is 0 Å². The van der Waals surface area contributed by atoms with Crippen LogP contribution in [-0.4, -0.2) is 40.0 Å². The van der Waals surface area contributed by atoms with Gasteiger partial charge in [0.25, 0.3) is 0 Å². The van der Waals surface area contributed by atoms with Gasteiger partial charge in [-0.15, -0.1) is 0 Å². The molecule has 1 heterocycles. The molecule has 0 amide bonds. The van der Waals surface area contributed by atoms with Crippen LogP contribution in [0.15, 0.2) is 11.2 Å². The van der Waals surface area contributed by atoms with Gasteiger partial charge < -0.3 is 15.7 Å². The molecule has 6 heteroatoms. The summed E-state index contributed by atoms with van der Waals surface area (Å²) in [5, 5.41) is 17.6. The maximum absolute atomic E-state index is 10.4. The van der Waals surface area contributed by atoms with E-state index in [4.69, 9.17) is 0 Å². The number of anilines is 2. The number of aromatic nitrogens is 2.